The van der Waals surface area contributed by atoms with Gasteiger partial charge in [-0.25, -0.2) is 0 Å². The van der Waals surface area contributed by atoms with Crippen LogP contribution < -0.4 is 5.32 Å². The minimum Gasteiger partial charge on any atom is -0.354 e. The molecular weight excluding hydrogens is 262 g/mol. The number of hydrogen-bond acceptors (Lipinski definition) is 1. The zero-order chi connectivity index (χ0) is 16.8. The lowest BCUT2D eigenvalue weighted by molar-refractivity contribution is 0.404. The Bertz CT molecular complexity index is 357. The van der Waals surface area contributed by atoms with Crippen LogP contribution in [0.3, 0.4) is 0 Å². The van der Waals surface area contributed by atoms with Crippen molar-refractivity contribution in [2.24, 2.45) is 20.8 Å². The van der Waals surface area contributed by atoms with Gasteiger partial charge in [-0.15, -0.1) is 0 Å². The summed E-state index contributed by atoms with van der Waals surface area (Å²) in [5, 5.41) is 3.38. The molecule has 21 heavy (non-hydrogen) atoms. The second-order valence-corrected chi connectivity index (χ2v) is 8.32. The van der Waals surface area contributed by atoms with E-state index in [0.29, 0.717) is 5.96 Å². The fourth-order valence-corrected chi connectivity index (χ4v) is 1.48. The lowest BCUT2D eigenvalue weighted by atomic mass is 9.97. The molecule has 0 heterocycles. The van der Waals surface area contributed by atoms with Crippen LogP contribution in [0.2, 0.25) is 0 Å². The van der Waals surface area contributed by atoms with Crippen LogP contribution in [0.4, 0.5) is 0 Å². The molecule has 0 unspecified atom stereocenters. The van der Waals surface area contributed by atoms with E-state index in [9.17, 15) is 0 Å². The van der Waals surface area contributed by atoms with Crippen molar-refractivity contribution in [2.45, 2.75) is 41.5 Å². The van der Waals surface area contributed by atoms with Gasteiger partial charge in [-0.1, -0.05) is 41.5 Å². The van der Waals surface area contributed by atoms with Crippen molar-refractivity contribution in [1.29, 1.82) is 0 Å². The highest BCUT2D eigenvalue weighted by Crippen LogP contribution is 2.13. The summed E-state index contributed by atoms with van der Waals surface area (Å²) in [5.74, 6) is 1.58. The minimum absolute atomic E-state index is 0.153. The van der Waals surface area contributed by atoms with Crippen LogP contribution in [0.1, 0.15) is 41.5 Å². The first kappa shape index (κ1) is 19.7. The van der Waals surface area contributed by atoms with Gasteiger partial charge in [0.1, 0.15) is 0 Å². The van der Waals surface area contributed by atoms with Crippen molar-refractivity contribution in [3.8, 4) is 0 Å². The largest absolute Gasteiger partial charge is 0.354 e. The Morgan fingerprint density at radius 1 is 0.857 bits per heavy atom. The van der Waals surface area contributed by atoms with Gasteiger partial charge in [0.2, 0.25) is 11.9 Å². The number of nitrogens with one attached hydrogen (secondary N) is 1. The molecule has 0 radical (unpaired) electrons. The van der Waals surface area contributed by atoms with Crippen molar-refractivity contribution in [1.82, 2.24) is 15.1 Å². The molecule has 0 spiro atoms. The third-order valence-electron chi connectivity index (χ3n) is 2.49. The molecule has 0 bridgehead atoms. The van der Waals surface area contributed by atoms with Crippen molar-refractivity contribution in [3.63, 3.8) is 0 Å². The third-order valence-corrected chi connectivity index (χ3v) is 2.49. The highest BCUT2D eigenvalue weighted by Gasteiger charge is 2.14. The maximum absolute atomic E-state index is 4.69. The van der Waals surface area contributed by atoms with Gasteiger partial charge in [0, 0.05) is 41.3 Å². The molecule has 0 aromatic heterocycles. The molecule has 5 nitrogen and oxygen atoms in total. The highest BCUT2D eigenvalue weighted by atomic mass is 15.4. The molecule has 0 aliphatic rings. The van der Waals surface area contributed by atoms with Gasteiger partial charge in [-0.3, -0.25) is 4.99 Å². The second-order valence-electron chi connectivity index (χ2n) is 8.32. The molecule has 0 atom stereocenters. The van der Waals surface area contributed by atoms with Crippen molar-refractivity contribution < 1.29 is 0 Å². The number of nitrogens with zero attached hydrogens (tertiary/aromatic N) is 4. The zero-order valence-electron chi connectivity index (χ0n) is 15.7. The maximum Gasteiger partial charge on any atom is 0.221 e. The van der Waals surface area contributed by atoms with Crippen molar-refractivity contribution in [2.75, 3.05) is 41.3 Å². The SMILES string of the molecule is CN(C)C(=N/C(=N\CC(C)(C)C)NCC(C)(C)C)N(C)C. The molecule has 0 amide bonds. The summed E-state index contributed by atoms with van der Waals surface area (Å²) in [7, 11) is 7.96. The molecule has 0 aliphatic heterocycles. The van der Waals surface area contributed by atoms with E-state index in [1.807, 2.05) is 38.0 Å². The van der Waals surface area contributed by atoms with Gasteiger partial charge < -0.3 is 15.1 Å². The lowest BCUT2D eigenvalue weighted by Gasteiger charge is -2.24. The zero-order valence-corrected chi connectivity index (χ0v) is 15.7. The molecule has 124 valence electrons. The molecule has 0 saturated heterocycles. The third kappa shape index (κ3) is 10.2. The predicted molar refractivity (Wildman–Crippen MR) is 94.0 cm³/mol. The lowest BCUT2D eigenvalue weighted by Crippen LogP contribution is -2.39. The Morgan fingerprint density at radius 3 is 1.67 bits per heavy atom. The van der Waals surface area contributed by atoms with E-state index in [1.54, 1.807) is 0 Å². The standard InChI is InChI=1S/C16H35N5/c1-15(2,3)11-17-13(18-12-16(4,5)6)19-14(20(7)8)21(9)10/h11-12H2,1-10H3,(H,17,18). The molecule has 0 fully saturated rings. The quantitative estimate of drug-likeness (QED) is 0.629. The second kappa shape index (κ2) is 7.66. The molecule has 5 heteroatoms. The van der Waals surface area contributed by atoms with Crippen LogP contribution in [0.25, 0.3) is 0 Å². The summed E-state index contributed by atoms with van der Waals surface area (Å²) in [4.78, 5) is 13.3. The summed E-state index contributed by atoms with van der Waals surface area (Å²) >= 11 is 0. The van der Waals surface area contributed by atoms with Crippen molar-refractivity contribution in [3.05, 3.63) is 0 Å². The monoisotopic (exact) mass is 297 g/mol. The van der Waals surface area contributed by atoms with Crippen LogP contribution in [0.5, 0.6) is 0 Å². The Labute approximate surface area is 131 Å². The Morgan fingerprint density at radius 2 is 1.33 bits per heavy atom. The predicted octanol–water partition coefficient (Wildman–Crippen LogP) is 2.50. The molecular formula is C16H35N5. The number of rotatable bonds is 2. The first-order valence-electron chi connectivity index (χ1n) is 7.53. The number of guanidine groups is 2. The van der Waals surface area contributed by atoms with E-state index in [0.717, 1.165) is 19.0 Å². The average Bonchev–Trinajstić information content (AvgIpc) is 2.24. The normalized spacial score (nSPS) is 13.0. The molecule has 0 aromatic rings. The number of hydrogen-bond donors (Lipinski definition) is 1. The van der Waals surface area contributed by atoms with Crippen LogP contribution in [-0.4, -0.2) is 63.0 Å². The van der Waals surface area contributed by atoms with E-state index in [-0.39, 0.29) is 10.8 Å². The van der Waals surface area contributed by atoms with E-state index in [1.165, 1.54) is 0 Å². The average molecular weight is 297 g/mol. The first-order chi connectivity index (χ1) is 9.32. The van der Waals surface area contributed by atoms with Gasteiger partial charge >= 0.3 is 0 Å². The van der Waals surface area contributed by atoms with E-state index < -0.39 is 0 Å². The van der Waals surface area contributed by atoms with Gasteiger partial charge in [0.05, 0.1) is 0 Å². The van der Waals surface area contributed by atoms with E-state index >= 15 is 0 Å². The molecule has 0 saturated carbocycles. The minimum atomic E-state index is 0.153. The van der Waals surface area contributed by atoms with Gasteiger partial charge in [0.15, 0.2) is 0 Å². The topological polar surface area (TPSA) is 43.2 Å². The maximum atomic E-state index is 4.69. The van der Waals surface area contributed by atoms with Crippen LogP contribution >= 0.6 is 0 Å². The molecule has 1 N–H and O–H groups in total. The fourth-order valence-electron chi connectivity index (χ4n) is 1.48. The van der Waals surface area contributed by atoms with Gasteiger partial charge in [0.25, 0.3) is 0 Å². The Hall–Kier alpha value is -1.26. The smallest absolute Gasteiger partial charge is 0.221 e. The van der Waals surface area contributed by atoms with Gasteiger partial charge in [-0.2, -0.15) is 4.99 Å². The summed E-state index contributed by atoms with van der Waals surface area (Å²) in [6, 6.07) is 0. The van der Waals surface area contributed by atoms with E-state index in [4.69, 9.17) is 0 Å². The molecule has 0 rings (SSSR count). The molecule has 0 aliphatic carbocycles. The molecule has 0 aromatic carbocycles. The number of aliphatic imine (C=N–C) groups is 2. The van der Waals surface area contributed by atoms with Crippen molar-refractivity contribution >= 4 is 11.9 Å². The van der Waals surface area contributed by atoms with Crippen LogP contribution in [0.15, 0.2) is 9.98 Å². The summed E-state index contributed by atoms with van der Waals surface area (Å²) in [5.41, 5.74) is 0.342. The van der Waals surface area contributed by atoms with Crippen LogP contribution in [0, 0.1) is 10.8 Å². The van der Waals surface area contributed by atoms with Gasteiger partial charge in [-0.05, 0) is 10.8 Å². The van der Waals surface area contributed by atoms with E-state index in [2.05, 4.69) is 56.8 Å². The Kier molecular flexibility index (Phi) is 7.20. The van der Waals surface area contributed by atoms with Crippen LogP contribution in [-0.2, 0) is 0 Å². The fraction of sp³-hybridized carbons (Fsp3) is 0.875. The first-order valence-corrected chi connectivity index (χ1v) is 7.53. The highest BCUT2D eigenvalue weighted by molar-refractivity contribution is 5.94. The Balaban J connectivity index is 5.25. The summed E-state index contributed by atoms with van der Waals surface area (Å²) < 4.78 is 0. The summed E-state index contributed by atoms with van der Waals surface area (Å²) in [6.07, 6.45) is 0. The summed E-state index contributed by atoms with van der Waals surface area (Å²) in [6.45, 7) is 14.7.